The molecule has 1 aliphatic heterocycles. The fourth-order valence-corrected chi connectivity index (χ4v) is 3.12. The Kier molecular flexibility index (Phi) is 4.73. The molecule has 1 aromatic heterocycles. The summed E-state index contributed by atoms with van der Waals surface area (Å²) >= 11 is 0. The van der Waals surface area contributed by atoms with Crippen LogP contribution in [0.5, 0.6) is 0 Å². The van der Waals surface area contributed by atoms with Crippen LogP contribution in [-0.4, -0.2) is 53.0 Å². The van der Waals surface area contributed by atoms with Crippen LogP contribution in [0.25, 0.3) is 0 Å². The summed E-state index contributed by atoms with van der Waals surface area (Å²) in [6.45, 7) is 5.54. The molecule has 2 aliphatic rings. The molecule has 2 amide bonds. The first kappa shape index (κ1) is 15.0. The van der Waals surface area contributed by atoms with E-state index in [0.717, 1.165) is 44.7 Å². The number of amides is 2. The van der Waals surface area contributed by atoms with Gasteiger partial charge in [0.1, 0.15) is 0 Å². The monoisotopic (exact) mass is 300 g/mol. The molecule has 1 saturated heterocycles. The predicted molar refractivity (Wildman–Crippen MR) is 86.5 cm³/mol. The number of pyridine rings is 1. The number of nitrogens with one attached hydrogen (secondary N) is 1. The maximum atomic E-state index is 12.3. The molecular weight excluding hydrogens is 276 g/mol. The molecule has 0 spiro atoms. The minimum Gasteiger partial charge on any atom is -0.335 e. The average molecular weight is 300 g/mol. The Labute approximate surface area is 132 Å². The zero-order valence-corrected chi connectivity index (χ0v) is 13.1. The third-order valence-electron chi connectivity index (χ3n) is 4.60. The number of carbonyl (C=O) groups excluding carboxylic acids is 1. The van der Waals surface area contributed by atoms with Crippen LogP contribution in [0.4, 0.5) is 4.79 Å². The van der Waals surface area contributed by atoms with E-state index in [-0.39, 0.29) is 12.1 Å². The molecule has 2 heterocycles. The van der Waals surface area contributed by atoms with Crippen LogP contribution in [-0.2, 0) is 0 Å². The minimum absolute atomic E-state index is 0.0823. The highest BCUT2D eigenvalue weighted by atomic mass is 16.2. The first-order valence-corrected chi connectivity index (χ1v) is 8.09. The molecule has 5 nitrogen and oxygen atoms in total. The van der Waals surface area contributed by atoms with Gasteiger partial charge in [-0.1, -0.05) is 18.2 Å². The molecule has 22 heavy (non-hydrogen) atoms. The quantitative estimate of drug-likeness (QED) is 0.871. The molecule has 0 bridgehead atoms. The van der Waals surface area contributed by atoms with Gasteiger partial charge in [0.05, 0.1) is 5.69 Å². The summed E-state index contributed by atoms with van der Waals surface area (Å²) < 4.78 is 0. The molecule has 0 radical (unpaired) electrons. The summed E-state index contributed by atoms with van der Waals surface area (Å²) in [7, 11) is 0. The summed E-state index contributed by atoms with van der Waals surface area (Å²) in [6, 6.07) is 6.70. The highest BCUT2D eigenvalue weighted by Gasteiger charge is 2.26. The van der Waals surface area contributed by atoms with E-state index in [4.69, 9.17) is 0 Å². The van der Waals surface area contributed by atoms with Gasteiger partial charge in [0.15, 0.2) is 0 Å². The molecule has 1 N–H and O–H groups in total. The molecule has 1 aromatic rings. The van der Waals surface area contributed by atoms with Crippen LogP contribution in [0, 0.1) is 0 Å². The summed E-state index contributed by atoms with van der Waals surface area (Å²) in [5, 5.41) is 3.12. The van der Waals surface area contributed by atoms with Gasteiger partial charge in [0.25, 0.3) is 0 Å². The highest BCUT2D eigenvalue weighted by Crippen LogP contribution is 2.19. The van der Waals surface area contributed by atoms with Crippen molar-refractivity contribution in [3.8, 4) is 0 Å². The van der Waals surface area contributed by atoms with Crippen molar-refractivity contribution in [1.82, 2.24) is 20.1 Å². The predicted octanol–water partition coefficient (Wildman–Crippen LogP) is 2.19. The van der Waals surface area contributed by atoms with E-state index in [9.17, 15) is 4.79 Å². The third-order valence-corrected chi connectivity index (χ3v) is 4.60. The van der Waals surface area contributed by atoms with Gasteiger partial charge in [-0.15, -0.1) is 0 Å². The second-order valence-electron chi connectivity index (χ2n) is 6.04. The first-order valence-electron chi connectivity index (χ1n) is 8.09. The smallest absolute Gasteiger partial charge is 0.317 e. The van der Waals surface area contributed by atoms with Crippen LogP contribution < -0.4 is 5.32 Å². The molecule has 1 aliphatic carbocycles. The lowest BCUT2D eigenvalue weighted by Crippen LogP contribution is -2.53. The fourth-order valence-electron chi connectivity index (χ4n) is 3.12. The molecule has 1 atom stereocenters. The third kappa shape index (κ3) is 3.47. The molecule has 1 fully saturated rings. The number of piperazine rings is 1. The number of hydrogen-bond acceptors (Lipinski definition) is 3. The highest BCUT2D eigenvalue weighted by molar-refractivity contribution is 5.74. The fraction of sp³-hybridized carbons (Fsp3) is 0.529. The van der Waals surface area contributed by atoms with Gasteiger partial charge in [-0.25, -0.2) is 4.79 Å². The molecule has 118 valence electrons. The van der Waals surface area contributed by atoms with E-state index >= 15 is 0 Å². The van der Waals surface area contributed by atoms with Crippen molar-refractivity contribution in [2.24, 2.45) is 0 Å². The Morgan fingerprint density at radius 3 is 2.59 bits per heavy atom. The van der Waals surface area contributed by atoms with E-state index in [1.165, 1.54) is 0 Å². The Morgan fingerprint density at radius 1 is 1.23 bits per heavy atom. The number of rotatable bonds is 3. The van der Waals surface area contributed by atoms with E-state index in [0.29, 0.717) is 6.04 Å². The Bertz CT molecular complexity index is 515. The van der Waals surface area contributed by atoms with Gasteiger partial charge < -0.3 is 10.2 Å². The summed E-state index contributed by atoms with van der Waals surface area (Å²) in [4.78, 5) is 21.0. The van der Waals surface area contributed by atoms with Crippen molar-refractivity contribution >= 4 is 6.03 Å². The van der Waals surface area contributed by atoms with E-state index in [1.807, 2.05) is 23.2 Å². The van der Waals surface area contributed by atoms with Crippen LogP contribution in [0.3, 0.4) is 0 Å². The summed E-state index contributed by atoms with van der Waals surface area (Å²) in [5.41, 5.74) is 1.09. The zero-order valence-electron chi connectivity index (χ0n) is 13.1. The molecule has 0 unspecified atom stereocenters. The van der Waals surface area contributed by atoms with E-state index in [2.05, 4.69) is 40.3 Å². The molecule has 5 heteroatoms. The Hall–Kier alpha value is -1.88. The summed E-state index contributed by atoms with van der Waals surface area (Å²) in [5.74, 6) is 0. The molecule has 3 rings (SSSR count). The number of nitrogens with zero attached hydrogens (tertiary/aromatic N) is 3. The molecule has 0 aromatic carbocycles. The van der Waals surface area contributed by atoms with E-state index in [1.54, 1.807) is 0 Å². The van der Waals surface area contributed by atoms with Gasteiger partial charge in [-0.3, -0.25) is 9.88 Å². The van der Waals surface area contributed by atoms with E-state index < -0.39 is 0 Å². The number of aromatic nitrogens is 1. The lowest BCUT2D eigenvalue weighted by atomic mass is 10.1. The average Bonchev–Trinajstić information content (AvgIpc) is 3.08. The van der Waals surface area contributed by atoms with Gasteiger partial charge in [0, 0.05) is 44.5 Å². The van der Waals surface area contributed by atoms with Gasteiger partial charge in [-0.05, 0) is 31.9 Å². The van der Waals surface area contributed by atoms with Crippen LogP contribution in [0.1, 0.15) is 31.5 Å². The van der Waals surface area contributed by atoms with Gasteiger partial charge >= 0.3 is 6.03 Å². The van der Waals surface area contributed by atoms with Gasteiger partial charge in [0.2, 0.25) is 0 Å². The maximum Gasteiger partial charge on any atom is 0.317 e. The van der Waals surface area contributed by atoms with Crippen molar-refractivity contribution in [1.29, 1.82) is 0 Å². The van der Waals surface area contributed by atoms with Crippen molar-refractivity contribution in [3.63, 3.8) is 0 Å². The first-order chi connectivity index (χ1) is 10.7. The lowest BCUT2D eigenvalue weighted by Gasteiger charge is -2.38. The summed E-state index contributed by atoms with van der Waals surface area (Å²) in [6.07, 6.45) is 8.03. The van der Waals surface area contributed by atoms with Crippen LogP contribution in [0.15, 0.2) is 36.5 Å². The van der Waals surface area contributed by atoms with Crippen molar-refractivity contribution in [2.75, 3.05) is 26.2 Å². The van der Waals surface area contributed by atoms with Crippen LogP contribution in [0.2, 0.25) is 0 Å². The number of carbonyl (C=O) groups is 1. The second kappa shape index (κ2) is 6.92. The SMILES string of the molecule is C[C@@H](c1ccccn1)N1CCN(C(=O)NC2CC=CC2)CC1. The number of hydrogen-bond donors (Lipinski definition) is 1. The largest absolute Gasteiger partial charge is 0.335 e. The van der Waals surface area contributed by atoms with Crippen molar-refractivity contribution in [2.45, 2.75) is 31.8 Å². The topological polar surface area (TPSA) is 48.5 Å². The Balaban J connectivity index is 1.48. The zero-order chi connectivity index (χ0) is 15.4. The van der Waals surface area contributed by atoms with Crippen LogP contribution >= 0.6 is 0 Å². The van der Waals surface area contributed by atoms with Gasteiger partial charge in [-0.2, -0.15) is 0 Å². The number of urea groups is 1. The molecular formula is C17H24N4O. The molecule has 0 saturated carbocycles. The minimum atomic E-state index is 0.0823. The second-order valence-corrected chi connectivity index (χ2v) is 6.04. The standard InChI is InChI=1S/C17H24N4O/c1-14(16-8-4-5-9-18-16)20-10-12-21(13-11-20)17(22)19-15-6-2-3-7-15/h2-5,8-9,14-15H,6-7,10-13H2,1H3,(H,19,22)/t14-/m0/s1. The van der Waals surface area contributed by atoms with Crippen molar-refractivity contribution < 1.29 is 4.79 Å². The maximum absolute atomic E-state index is 12.3. The Morgan fingerprint density at radius 2 is 1.95 bits per heavy atom. The lowest BCUT2D eigenvalue weighted by molar-refractivity contribution is 0.111. The van der Waals surface area contributed by atoms with Crippen molar-refractivity contribution in [3.05, 3.63) is 42.2 Å². The normalized spacial score (nSPS) is 21.0.